The highest BCUT2D eigenvalue weighted by molar-refractivity contribution is 8.39. The summed E-state index contributed by atoms with van der Waals surface area (Å²) in [5.74, 6) is -4.41. The molecule has 0 fully saturated rings. The van der Waals surface area contributed by atoms with Crippen LogP contribution in [0.5, 0.6) is 0 Å². The van der Waals surface area contributed by atoms with E-state index in [0.717, 1.165) is 0 Å². The highest BCUT2D eigenvalue weighted by Crippen LogP contribution is 2.74. The molecule has 3 aliphatic rings. The number of nitriles is 2. The molecular weight excluding hydrogens is 627 g/mol. The third-order valence-electron chi connectivity index (χ3n) is 7.82. The van der Waals surface area contributed by atoms with Gasteiger partial charge in [-0.05, 0) is 97.9 Å². The minimum Gasteiger partial charge on any atom is -0.194 e. The molecule has 0 unspecified atom stereocenters. The maximum atomic E-state index is 15.7. The van der Waals surface area contributed by atoms with Crippen LogP contribution in [-0.2, 0) is 0 Å². The molecule has 228 valence electrons. The van der Waals surface area contributed by atoms with Crippen LogP contribution in [0, 0.1) is 46.3 Å². The molecule has 1 aliphatic carbocycles. The molecule has 0 amide bonds. The molecule has 0 N–H and O–H groups in total. The van der Waals surface area contributed by atoms with E-state index in [1.807, 2.05) is 12.1 Å². The Bertz CT molecular complexity index is 1850. The Morgan fingerprint density at radius 1 is 0.489 bits per heavy atom. The zero-order valence-corrected chi connectivity index (χ0v) is 26.0. The smallest absolute Gasteiger partial charge is 0.194 e. The summed E-state index contributed by atoms with van der Waals surface area (Å²) in [5, 5.41) is 18.0. The maximum Gasteiger partial charge on any atom is 0.380 e. The fourth-order valence-electron chi connectivity index (χ4n) is 5.14. The Morgan fingerprint density at radius 3 is 1.11 bits per heavy atom. The van der Waals surface area contributed by atoms with Crippen molar-refractivity contribution in [1.82, 2.24) is 0 Å². The standard InChI is InChI=1S/C35H24F6N2S2/c1-44(2)27(15-13-23-5-9-25(21-42)10-6-23)17-19-29(44)31-32(34(38,39)35(40,41)33(31,36)37)30-20-18-28(45(30,3)4)16-14-24-7-11-26(22-43)12-8-24/h5-12,17-20H,1-4H3. The maximum absolute atomic E-state index is 15.7. The summed E-state index contributed by atoms with van der Waals surface area (Å²) in [6.45, 7) is 0. The molecule has 0 saturated carbocycles. The summed E-state index contributed by atoms with van der Waals surface area (Å²) >= 11 is 0. The van der Waals surface area contributed by atoms with Gasteiger partial charge < -0.3 is 0 Å². The van der Waals surface area contributed by atoms with Crippen LogP contribution >= 0.6 is 20.1 Å². The van der Waals surface area contributed by atoms with Crippen LogP contribution in [0.3, 0.4) is 0 Å². The van der Waals surface area contributed by atoms with Crippen molar-refractivity contribution < 1.29 is 26.3 Å². The fourth-order valence-corrected chi connectivity index (χ4v) is 9.34. The van der Waals surface area contributed by atoms with Gasteiger partial charge >= 0.3 is 17.8 Å². The van der Waals surface area contributed by atoms with Crippen LogP contribution in [0.15, 0.2) is 104 Å². The van der Waals surface area contributed by atoms with E-state index >= 15 is 26.3 Å². The van der Waals surface area contributed by atoms with E-state index in [2.05, 4.69) is 23.7 Å². The molecule has 0 radical (unpaired) electrons. The Labute approximate surface area is 260 Å². The van der Waals surface area contributed by atoms with Crippen molar-refractivity contribution in [2.24, 2.45) is 0 Å². The van der Waals surface area contributed by atoms with Gasteiger partial charge in [0.2, 0.25) is 0 Å². The van der Waals surface area contributed by atoms with E-state index in [4.69, 9.17) is 10.5 Å². The van der Waals surface area contributed by atoms with E-state index in [0.29, 0.717) is 32.1 Å². The molecule has 2 aromatic rings. The monoisotopic (exact) mass is 650 g/mol. The number of alkyl halides is 6. The molecule has 45 heavy (non-hydrogen) atoms. The third-order valence-corrected chi connectivity index (χ3v) is 13.4. The van der Waals surface area contributed by atoms with Crippen LogP contribution in [0.1, 0.15) is 22.3 Å². The third kappa shape index (κ3) is 5.00. The van der Waals surface area contributed by atoms with Crippen LogP contribution < -0.4 is 0 Å². The second-order valence-electron chi connectivity index (χ2n) is 11.1. The van der Waals surface area contributed by atoms with Crippen molar-refractivity contribution in [3.05, 3.63) is 126 Å². The lowest BCUT2D eigenvalue weighted by Crippen LogP contribution is -2.49. The van der Waals surface area contributed by atoms with Gasteiger partial charge in [-0.3, -0.25) is 0 Å². The second kappa shape index (κ2) is 10.8. The number of allylic oxidation sites excluding steroid dienone is 8. The van der Waals surface area contributed by atoms with Crippen molar-refractivity contribution in [3.63, 3.8) is 0 Å². The molecular formula is C35H24F6N2S2. The van der Waals surface area contributed by atoms with Crippen molar-refractivity contribution in [3.8, 4) is 35.8 Å². The lowest BCUT2D eigenvalue weighted by atomic mass is 10.1. The average Bonchev–Trinajstić information content (AvgIpc) is 3.48. The molecule has 2 aliphatic heterocycles. The average molecular weight is 651 g/mol. The van der Waals surface area contributed by atoms with Crippen LogP contribution in [0.25, 0.3) is 0 Å². The molecule has 0 spiro atoms. The van der Waals surface area contributed by atoms with Gasteiger partial charge in [0.25, 0.3) is 0 Å². The molecule has 2 aromatic carbocycles. The Balaban J connectivity index is 1.56. The van der Waals surface area contributed by atoms with Gasteiger partial charge in [-0.15, -0.1) is 0 Å². The normalized spacial score (nSPS) is 22.6. The number of hydrogen-bond acceptors (Lipinski definition) is 2. The van der Waals surface area contributed by atoms with Gasteiger partial charge in [-0.2, -0.15) is 56.9 Å². The van der Waals surface area contributed by atoms with E-state index in [1.165, 1.54) is 24.3 Å². The van der Waals surface area contributed by atoms with Crippen molar-refractivity contribution in [2.45, 2.75) is 17.8 Å². The van der Waals surface area contributed by atoms with E-state index in [1.54, 1.807) is 73.6 Å². The predicted octanol–water partition coefficient (Wildman–Crippen LogP) is 8.74. The van der Waals surface area contributed by atoms with Crippen molar-refractivity contribution in [1.29, 1.82) is 10.5 Å². The molecule has 2 nitrogen and oxygen atoms in total. The van der Waals surface area contributed by atoms with Crippen molar-refractivity contribution in [2.75, 3.05) is 25.0 Å². The summed E-state index contributed by atoms with van der Waals surface area (Å²) in [6, 6.07) is 16.7. The molecule has 2 heterocycles. The molecule has 0 bridgehead atoms. The second-order valence-corrected chi connectivity index (χ2v) is 18.2. The van der Waals surface area contributed by atoms with E-state index in [-0.39, 0.29) is 9.81 Å². The van der Waals surface area contributed by atoms with Crippen molar-refractivity contribution >= 4 is 20.1 Å². The van der Waals surface area contributed by atoms with E-state index < -0.39 is 49.0 Å². The fraction of sp³-hybridized carbons (Fsp3) is 0.200. The summed E-state index contributed by atoms with van der Waals surface area (Å²) in [4.78, 5) is 0.165. The number of hydrogen-bond donors (Lipinski definition) is 0. The first-order chi connectivity index (χ1) is 21.0. The SMILES string of the molecule is CS1(C)C(C#Cc2ccc(C#N)cc2)=CC=C1C1=C(C2=CC=C(C#Cc3ccc(C#N)cc3)S2(C)C)C(F)(F)C(F)(F)C1(F)F. The van der Waals surface area contributed by atoms with Gasteiger partial charge in [0.05, 0.1) is 34.4 Å². The summed E-state index contributed by atoms with van der Waals surface area (Å²) in [7, 11) is -5.05. The topological polar surface area (TPSA) is 47.6 Å². The number of halogens is 6. The largest absolute Gasteiger partial charge is 0.380 e. The number of benzene rings is 2. The molecule has 0 atom stereocenters. The highest BCUT2D eigenvalue weighted by Gasteiger charge is 2.81. The minimum absolute atomic E-state index is 0.281. The van der Waals surface area contributed by atoms with Crippen LogP contribution in [0.4, 0.5) is 26.3 Å². The van der Waals surface area contributed by atoms with Gasteiger partial charge in [-0.1, -0.05) is 23.7 Å². The van der Waals surface area contributed by atoms with Gasteiger partial charge in [-0.25, -0.2) is 0 Å². The van der Waals surface area contributed by atoms with Gasteiger partial charge in [0.1, 0.15) is 0 Å². The van der Waals surface area contributed by atoms with Crippen LogP contribution in [-0.4, -0.2) is 42.8 Å². The summed E-state index contributed by atoms with van der Waals surface area (Å²) < 4.78 is 93.2. The first-order valence-corrected chi connectivity index (χ1v) is 18.1. The quantitative estimate of drug-likeness (QED) is 0.241. The van der Waals surface area contributed by atoms with Gasteiger partial charge in [0, 0.05) is 30.7 Å². The van der Waals surface area contributed by atoms with E-state index in [9.17, 15) is 0 Å². The Hall–Kier alpha value is -4.48. The number of rotatable bonds is 2. The Morgan fingerprint density at radius 2 is 0.800 bits per heavy atom. The summed E-state index contributed by atoms with van der Waals surface area (Å²) in [6.07, 6.45) is 11.5. The minimum atomic E-state index is -5.68. The predicted molar refractivity (Wildman–Crippen MR) is 169 cm³/mol. The summed E-state index contributed by atoms with van der Waals surface area (Å²) in [5.41, 5.74) is -0.806. The lowest BCUT2D eigenvalue weighted by Gasteiger charge is -2.36. The zero-order chi connectivity index (χ0) is 33.0. The first-order valence-electron chi connectivity index (χ1n) is 13.2. The zero-order valence-electron chi connectivity index (χ0n) is 24.4. The molecule has 10 heteroatoms. The first kappa shape index (κ1) is 31.9. The highest BCUT2D eigenvalue weighted by atomic mass is 32.3. The lowest BCUT2D eigenvalue weighted by molar-refractivity contribution is -0.263. The Kier molecular flexibility index (Phi) is 7.70. The molecule has 5 rings (SSSR count). The van der Waals surface area contributed by atoms with Gasteiger partial charge in [0.15, 0.2) is 0 Å². The number of nitrogens with zero attached hydrogens (tertiary/aromatic N) is 2. The molecule has 0 aromatic heterocycles. The van der Waals surface area contributed by atoms with Crippen LogP contribution in [0.2, 0.25) is 0 Å². The molecule has 0 saturated heterocycles.